The number of nitrogen functional groups attached to an aromatic ring is 1. The predicted molar refractivity (Wildman–Crippen MR) is 121 cm³/mol. The number of benzene rings is 2. The van der Waals surface area contributed by atoms with E-state index in [1.807, 2.05) is 30.7 Å². The molecule has 3 heterocycles. The van der Waals surface area contributed by atoms with Gasteiger partial charge >= 0.3 is 0 Å². The van der Waals surface area contributed by atoms with Gasteiger partial charge in [-0.1, -0.05) is 24.3 Å². The number of nitrogens with zero attached hydrogens (tertiary/aromatic N) is 2. The topological polar surface area (TPSA) is 90.8 Å². The lowest BCUT2D eigenvalue weighted by molar-refractivity contribution is 0.0828. The van der Waals surface area contributed by atoms with Crippen LogP contribution in [0.3, 0.4) is 0 Å². The molecule has 6 heteroatoms. The number of fused-ring (bicyclic) bond motifs is 2. The molecule has 0 bridgehead atoms. The summed E-state index contributed by atoms with van der Waals surface area (Å²) in [7, 11) is 3.44. The normalized spacial score (nSPS) is 11.3. The number of H-pyrrole nitrogens is 2. The Balaban J connectivity index is 1.66. The van der Waals surface area contributed by atoms with Gasteiger partial charge in [0.15, 0.2) is 0 Å². The number of carbonyl (C=O) groups excluding carboxylic acids is 1. The van der Waals surface area contributed by atoms with E-state index in [0.29, 0.717) is 11.3 Å². The van der Waals surface area contributed by atoms with Crippen molar-refractivity contribution >= 4 is 33.5 Å². The van der Waals surface area contributed by atoms with Gasteiger partial charge in [0.2, 0.25) is 0 Å². The Morgan fingerprint density at radius 1 is 1.00 bits per heavy atom. The van der Waals surface area contributed by atoms with E-state index in [-0.39, 0.29) is 5.91 Å². The van der Waals surface area contributed by atoms with Gasteiger partial charge in [-0.05, 0) is 35.2 Å². The average Bonchev–Trinajstić information content (AvgIpc) is 3.40. The molecule has 0 radical (unpaired) electrons. The van der Waals surface area contributed by atoms with Crippen molar-refractivity contribution in [1.29, 1.82) is 0 Å². The highest BCUT2D eigenvalue weighted by Crippen LogP contribution is 2.35. The molecule has 2 aromatic carbocycles. The number of nitrogens with two attached hydrogens (primary N) is 1. The lowest BCUT2D eigenvalue weighted by Gasteiger charge is -2.13. The molecular weight excluding hydrogens is 374 g/mol. The maximum atomic E-state index is 12.5. The standard InChI is InChI=1S/C24H21N5O/c1-29(2)24(30)19-10-15(6-7-21(19)25)16-11-18-20(13-28-23(18)27-12-16)17-5-3-4-14-8-9-26-22(14)17/h3-13,26H,25H2,1-2H3,(H,27,28). The van der Waals surface area contributed by atoms with Crippen molar-refractivity contribution < 1.29 is 4.79 Å². The summed E-state index contributed by atoms with van der Waals surface area (Å²) < 4.78 is 0. The number of hydrogen-bond acceptors (Lipinski definition) is 3. The van der Waals surface area contributed by atoms with Gasteiger partial charge in [0.25, 0.3) is 5.91 Å². The molecule has 3 aromatic heterocycles. The summed E-state index contributed by atoms with van der Waals surface area (Å²) in [5.74, 6) is -0.121. The van der Waals surface area contributed by atoms with E-state index in [1.165, 1.54) is 4.90 Å². The zero-order chi connectivity index (χ0) is 20.8. The summed E-state index contributed by atoms with van der Waals surface area (Å²) in [6.45, 7) is 0. The molecule has 0 aliphatic carbocycles. The molecule has 30 heavy (non-hydrogen) atoms. The Kier molecular flexibility index (Phi) is 4.06. The molecule has 0 atom stereocenters. The summed E-state index contributed by atoms with van der Waals surface area (Å²) >= 11 is 0. The summed E-state index contributed by atoms with van der Waals surface area (Å²) in [5, 5.41) is 2.18. The summed E-state index contributed by atoms with van der Waals surface area (Å²) in [6.07, 6.45) is 5.75. The fourth-order valence-corrected chi connectivity index (χ4v) is 3.86. The van der Waals surface area contributed by atoms with Crippen LogP contribution in [0.25, 0.3) is 44.2 Å². The molecule has 0 unspecified atom stereocenters. The van der Waals surface area contributed by atoms with Crippen LogP contribution in [0, 0.1) is 0 Å². The van der Waals surface area contributed by atoms with Crippen LogP contribution in [-0.2, 0) is 0 Å². The maximum Gasteiger partial charge on any atom is 0.255 e. The van der Waals surface area contributed by atoms with Crippen molar-refractivity contribution in [3.05, 3.63) is 72.7 Å². The minimum atomic E-state index is -0.121. The van der Waals surface area contributed by atoms with Crippen LogP contribution < -0.4 is 5.73 Å². The highest BCUT2D eigenvalue weighted by atomic mass is 16.2. The first-order chi connectivity index (χ1) is 14.5. The molecule has 0 aliphatic rings. The van der Waals surface area contributed by atoms with Crippen LogP contribution in [-0.4, -0.2) is 39.9 Å². The van der Waals surface area contributed by atoms with Crippen molar-refractivity contribution in [2.45, 2.75) is 0 Å². The fourth-order valence-electron chi connectivity index (χ4n) is 3.86. The molecule has 0 fully saturated rings. The van der Waals surface area contributed by atoms with Gasteiger partial charge in [0.05, 0.1) is 11.1 Å². The first-order valence-corrected chi connectivity index (χ1v) is 9.68. The molecule has 0 aliphatic heterocycles. The van der Waals surface area contributed by atoms with Gasteiger partial charge in [0, 0.05) is 60.4 Å². The van der Waals surface area contributed by atoms with Gasteiger partial charge in [-0.3, -0.25) is 4.79 Å². The molecule has 0 saturated heterocycles. The number of para-hydroxylation sites is 1. The highest BCUT2D eigenvalue weighted by Gasteiger charge is 2.15. The number of aromatic nitrogens is 3. The largest absolute Gasteiger partial charge is 0.398 e. The molecule has 6 nitrogen and oxygen atoms in total. The zero-order valence-corrected chi connectivity index (χ0v) is 16.7. The summed E-state index contributed by atoms with van der Waals surface area (Å²) in [5.41, 5.74) is 12.9. The van der Waals surface area contributed by atoms with Crippen molar-refractivity contribution in [3.63, 3.8) is 0 Å². The number of rotatable bonds is 3. The van der Waals surface area contributed by atoms with Gasteiger partial charge < -0.3 is 20.6 Å². The molecule has 0 spiro atoms. The van der Waals surface area contributed by atoms with Crippen LogP contribution in [0.5, 0.6) is 0 Å². The number of aromatic amines is 2. The number of pyridine rings is 1. The number of hydrogen-bond donors (Lipinski definition) is 3. The Bertz CT molecular complexity index is 1410. The Labute approximate surface area is 173 Å². The first-order valence-electron chi connectivity index (χ1n) is 9.68. The van der Waals surface area contributed by atoms with E-state index in [9.17, 15) is 4.79 Å². The van der Waals surface area contributed by atoms with Crippen molar-refractivity contribution in [2.24, 2.45) is 0 Å². The van der Waals surface area contributed by atoms with Gasteiger partial charge in [-0.15, -0.1) is 0 Å². The first kappa shape index (κ1) is 18.0. The SMILES string of the molecule is CN(C)C(=O)c1cc(-c2cnc3[nH]cc(-c4cccc5cc[nH]c45)c3c2)ccc1N. The maximum absolute atomic E-state index is 12.5. The van der Waals surface area contributed by atoms with E-state index < -0.39 is 0 Å². The Morgan fingerprint density at radius 3 is 2.70 bits per heavy atom. The number of carbonyl (C=O) groups is 1. The molecule has 4 N–H and O–H groups in total. The van der Waals surface area contributed by atoms with Crippen molar-refractivity contribution in [1.82, 2.24) is 19.9 Å². The molecule has 5 aromatic rings. The average molecular weight is 395 g/mol. The second-order valence-corrected chi connectivity index (χ2v) is 7.57. The quantitative estimate of drug-likeness (QED) is 0.388. The smallest absolute Gasteiger partial charge is 0.255 e. The third-order valence-corrected chi connectivity index (χ3v) is 5.43. The number of amides is 1. The Morgan fingerprint density at radius 2 is 1.87 bits per heavy atom. The molecule has 0 saturated carbocycles. The van der Waals surface area contributed by atoms with Crippen LogP contribution in [0.2, 0.25) is 0 Å². The number of nitrogens with one attached hydrogen (secondary N) is 2. The monoisotopic (exact) mass is 395 g/mol. The molecule has 148 valence electrons. The van der Waals surface area contributed by atoms with Crippen LogP contribution in [0.4, 0.5) is 5.69 Å². The van der Waals surface area contributed by atoms with Crippen LogP contribution >= 0.6 is 0 Å². The second kappa shape index (κ2) is 6.77. The van der Waals surface area contributed by atoms with E-state index >= 15 is 0 Å². The fraction of sp³-hybridized carbons (Fsp3) is 0.0833. The molecule has 5 rings (SSSR count). The van der Waals surface area contributed by atoms with E-state index in [0.717, 1.165) is 44.2 Å². The van der Waals surface area contributed by atoms with Crippen LogP contribution in [0.15, 0.2) is 67.1 Å². The van der Waals surface area contributed by atoms with Crippen molar-refractivity contribution in [3.8, 4) is 22.3 Å². The van der Waals surface area contributed by atoms with Gasteiger partial charge in [-0.2, -0.15) is 0 Å². The van der Waals surface area contributed by atoms with Crippen LogP contribution in [0.1, 0.15) is 10.4 Å². The lowest BCUT2D eigenvalue weighted by atomic mass is 9.99. The Hall–Kier alpha value is -4.06. The lowest BCUT2D eigenvalue weighted by Crippen LogP contribution is -2.22. The van der Waals surface area contributed by atoms with E-state index in [4.69, 9.17) is 5.73 Å². The molecular formula is C24H21N5O. The van der Waals surface area contributed by atoms with Gasteiger partial charge in [-0.25, -0.2) is 4.98 Å². The predicted octanol–water partition coefficient (Wildman–Crippen LogP) is 4.66. The third kappa shape index (κ3) is 2.81. The van der Waals surface area contributed by atoms with Crippen molar-refractivity contribution in [2.75, 3.05) is 19.8 Å². The number of anilines is 1. The zero-order valence-electron chi connectivity index (χ0n) is 16.7. The van der Waals surface area contributed by atoms with E-state index in [1.54, 1.807) is 20.2 Å². The summed E-state index contributed by atoms with van der Waals surface area (Å²) in [6, 6.07) is 15.9. The van der Waals surface area contributed by atoms with E-state index in [2.05, 4.69) is 45.3 Å². The minimum absolute atomic E-state index is 0.121. The second-order valence-electron chi connectivity index (χ2n) is 7.57. The highest BCUT2D eigenvalue weighted by molar-refractivity contribution is 6.04. The molecule has 1 amide bonds. The van der Waals surface area contributed by atoms with Gasteiger partial charge in [0.1, 0.15) is 5.65 Å². The summed E-state index contributed by atoms with van der Waals surface area (Å²) in [4.78, 5) is 25.2. The third-order valence-electron chi connectivity index (χ3n) is 5.43. The minimum Gasteiger partial charge on any atom is -0.398 e.